The van der Waals surface area contributed by atoms with E-state index in [1.165, 1.54) is 12.1 Å². The third-order valence-corrected chi connectivity index (χ3v) is 2.69. The van der Waals surface area contributed by atoms with Gasteiger partial charge in [-0.2, -0.15) is 0 Å². The molecule has 6 heteroatoms. The standard InChI is InChI=1S/C13H15FO5/c1-2-17-13(16)11(15)9-5-8(7-14)6-10-12(9)19-4-3-18-10/h5-6,11,15H,2-4,7H2,1H3. The Balaban J connectivity index is 2.39. The number of carbonyl (C=O) groups is 1. The number of esters is 1. The van der Waals surface area contributed by atoms with E-state index < -0.39 is 18.7 Å². The molecule has 1 aliphatic heterocycles. The van der Waals surface area contributed by atoms with Crippen LogP contribution in [0.5, 0.6) is 11.5 Å². The maximum atomic E-state index is 12.8. The Morgan fingerprint density at radius 2 is 2.21 bits per heavy atom. The molecule has 0 aromatic heterocycles. The van der Waals surface area contributed by atoms with E-state index in [0.29, 0.717) is 24.5 Å². The van der Waals surface area contributed by atoms with Gasteiger partial charge in [0.25, 0.3) is 0 Å². The van der Waals surface area contributed by atoms with Crippen LogP contribution in [-0.4, -0.2) is 30.9 Å². The fourth-order valence-electron chi connectivity index (χ4n) is 1.87. The van der Waals surface area contributed by atoms with Crippen molar-refractivity contribution in [1.29, 1.82) is 0 Å². The number of hydrogen-bond donors (Lipinski definition) is 1. The molecule has 1 heterocycles. The monoisotopic (exact) mass is 270 g/mol. The number of carbonyl (C=O) groups excluding carboxylic acids is 1. The number of fused-ring (bicyclic) bond motifs is 1. The molecule has 1 unspecified atom stereocenters. The molecule has 19 heavy (non-hydrogen) atoms. The lowest BCUT2D eigenvalue weighted by molar-refractivity contribution is -0.153. The minimum Gasteiger partial charge on any atom is -0.486 e. The molecular weight excluding hydrogens is 255 g/mol. The molecule has 0 amide bonds. The SMILES string of the molecule is CCOC(=O)C(O)c1cc(CF)cc2c1OCCO2. The van der Waals surface area contributed by atoms with E-state index in [2.05, 4.69) is 0 Å². The minimum absolute atomic E-state index is 0.151. The summed E-state index contributed by atoms with van der Waals surface area (Å²) >= 11 is 0. The van der Waals surface area contributed by atoms with E-state index in [-0.39, 0.29) is 17.9 Å². The average Bonchev–Trinajstić information content (AvgIpc) is 2.45. The summed E-state index contributed by atoms with van der Waals surface area (Å²) in [6.07, 6.45) is -1.51. The van der Waals surface area contributed by atoms with Crippen molar-refractivity contribution < 1.29 is 28.5 Å². The molecule has 104 valence electrons. The van der Waals surface area contributed by atoms with Crippen molar-refractivity contribution in [3.63, 3.8) is 0 Å². The van der Waals surface area contributed by atoms with E-state index in [0.717, 1.165) is 0 Å². The number of halogens is 1. The van der Waals surface area contributed by atoms with Gasteiger partial charge >= 0.3 is 5.97 Å². The summed E-state index contributed by atoms with van der Waals surface area (Å²) in [6, 6.07) is 2.88. The Morgan fingerprint density at radius 3 is 2.89 bits per heavy atom. The van der Waals surface area contributed by atoms with Gasteiger partial charge in [-0.15, -0.1) is 0 Å². The number of rotatable bonds is 4. The van der Waals surface area contributed by atoms with Gasteiger partial charge in [0.15, 0.2) is 17.6 Å². The van der Waals surface area contributed by atoms with Crippen LogP contribution in [0.15, 0.2) is 12.1 Å². The zero-order valence-electron chi connectivity index (χ0n) is 10.5. The lowest BCUT2D eigenvalue weighted by Gasteiger charge is -2.23. The number of aliphatic hydroxyl groups excluding tert-OH is 1. The van der Waals surface area contributed by atoms with Gasteiger partial charge in [0, 0.05) is 5.56 Å². The predicted molar refractivity (Wildman–Crippen MR) is 63.8 cm³/mol. The van der Waals surface area contributed by atoms with Crippen LogP contribution in [-0.2, 0) is 16.2 Å². The van der Waals surface area contributed by atoms with Crippen LogP contribution in [0.3, 0.4) is 0 Å². The topological polar surface area (TPSA) is 65.0 Å². The third-order valence-electron chi connectivity index (χ3n) is 2.69. The predicted octanol–water partition coefficient (Wildman–Crippen LogP) is 1.52. The van der Waals surface area contributed by atoms with Gasteiger partial charge < -0.3 is 19.3 Å². The summed E-state index contributed by atoms with van der Waals surface area (Å²) in [5.74, 6) is -0.196. The minimum atomic E-state index is -1.51. The number of alkyl halides is 1. The molecule has 1 atom stereocenters. The number of ether oxygens (including phenoxy) is 3. The Morgan fingerprint density at radius 1 is 1.47 bits per heavy atom. The van der Waals surface area contributed by atoms with Gasteiger partial charge in [-0.25, -0.2) is 9.18 Å². The first kappa shape index (κ1) is 13.6. The van der Waals surface area contributed by atoms with Gasteiger partial charge in [-0.05, 0) is 24.6 Å². The lowest BCUT2D eigenvalue weighted by Crippen LogP contribution is -2.21. The number of aliphatic hydroxyl groups is 1. The Bertz CT molecular complexity index is 474. The molecular formula is C13H15FO5. The van der Waals surface area contributed by atoms with Gasteiger partial charge in [-0.3, -0.25) is 0 Å². The van der Waals surface area contributed by atoms with Crippen molar-refractivity contribution >= 4 is 5.97 Å². The molecule has 0 saturated carbocycles. The zero-order chi connectivity index (χ0) is 13.8. The fourth-order valence-corrected chi connectivity index (χ4v) is 1.87. The molecule has 0 aliphatic carbocycles. The summed E-state index contributed by atoms with van der Waals surface area (Å²) in [7, 11) is 0. The van der Waals surface area contributed by atoms with Crippen LogP contribution in [0.1, 0.15) is 24.2 Å². The molecule has 0 saturated heterocycles. The van der Waals surface area contributed by atoms with Crippen LogP contribution in [0.25, 0.3) is 0 Å². The molecule has 1 N–H and O–H groups in total. The van der Waals surface area contributed by atoms with Gasteiger partial charge in [0.2, 0.25) is 0 Å². The van der Waals surface area contributed by atoms with Crippen molar-refractivity contribution in [3.8, 4) is 11.5 Å². The lowest BCUT2D eigenvalue weighted by atomic mass is 10.0. The quantitative estimate of drug-likeness (QED) is 0.840. The van der Waals surface area contributed by atoms with Crippen LogP contribution < -0.4 is 9.47 Å². The van der Waals surface area contributed by atoms with Crippen LogP contribution in [0.4, 0.5) is 4.39 Å². The maximum Gasteiger partial charge on any atom is 0.339 e. The summed E-state index contributed by atoms with van der Waals surface area (Å²) in [6.45, 7) is 1.72. The summed E-state index contributed by atoms with van der Waals surface area (Å²) in [5.41, 5.74) is 0.478. The van der Waals surface area contributed by atoms with Gasteiger partial charge in [0.05, 0.1) is 6.61 Å². The Labute approximate surface area is 109 Å². The highest BCUT2D eigenvalue weighted by Gasteiger charge is 2.27. The van der Waals surface area contributed by atoms with Gasteiger partial charge in [0.1, 0.15) is 19.9 Å². The first-order chi connectivity index (χ1) is 9.17. The molecule has 1 aromatic carbocycles. The Kier molecular flexibility index (Phi) is 4.21. The average molecular weight is 270 g/mol. The molecule has 1 aliphatic rings. The summed E-state index contributed by atoms with van der Waals surface area (Å²) in [5, 5.41) is 9.96. The summed E-state index contributed by atoms with van der Waals surface area (Å²) < 4.78 is 28.3. The van der Waals surface area contributed by atoms with Crippen LogP contribution >= 0.6 is 0 Å². The molecule has 1 aromatic rings. The molecule has 0 fully saturated rings. The highest BCUT2D eigenvalue weighted by atomic mass is 19.1. The number of benzene rings is 1. The maximum absolute atomic E-state index is 12.8. The summed E-state index contributed by atoms with van der Waals surface area (Å²) in [4.78, 5) is 11.6. The van der Waals surface area contributed by atoms with Crippen molar-refractivity contribution in [3.05, 3.63) is 23.3 Å². The smallest absolute Gasteiger partial charge is 0.339 e. The molecule has 0 spiro atoms. The van der Waals surface area contributed by atoms with E-state index in [1.54, 1.807) is 6.92 Å². The molecule has 0 radical (unpaired) electrons. The van der Waals surface area contributed by atoms with Gasteiger partial charge in [-0.1, -0.05) is 0 Å². The molecule has 5 nitrogen and oxygen atoms in total. The van der Waals surface area contributed by atoms with Crippen LogP contribution in [0, 0.1) is 0 Å². The van der Waals surface area contributed by atoms with Crippen molar-refractivity contribution in [2.24, 2.45) is 0 Å². The van der Waals surface area contributed by atoms with Crippen molar-refractivity contribution in [1.82, 2.24) is 0 Å². The van der Waals surface area contributed by atoms with Crippen molar-refractivity contribution in [2.75, 3.05) is 19.8 Å². The fraction of sp³-hybridized carbons (Fsp3) is 0.462. The van der Waals surface area contributed by atoms with E-state index >= 15 is 0 Å². The van der Waals surface area contributed by atoms with E-state index in [4.69, 9.17) is 14.2 Å². The Hall–Kier alpha value is -1.82. The second-order valence-electron chi connectivity index (χ2n) is 4.00. The second kappa shape index (κ2) is 5.88. The third kappa shape index (κ3) is 2.78. The number of hydrogen-bond acceptors (Lipinski definition) is 5. The zero-order valence-corrected chi connectivity index (χ0v) is 10.5. The van der Waals surface area contributed by atoms with Crippen molar-refractivity contribution in [2.45, 2.75) is 19.7 Å². The highest BCUT2D eigenvalue weighted by molar-refractivity contribution is 5.78. The highest BCUT2D eigenvalue weighted by Crippen LogP contribution is 2.39. The van der Waals surface area contributed by atoms with E-state index in [1.807, 2.05) is 0 Å². The normalized spacial score (nSPS) is 14.9. The van der Waals surface area contributed by atoms with Crippen LogP contribution in [0.2, 0.25) is 0 Å². The first-order valence-electron chi connectivity index (χ1n) is 6.00. The first-order valence-corrected chi connectivity index (χ1v) is 6.00. The van der Waals surface area contributed by atoms with E-state index in [9.17, 15) is 14.3 Å². The molecule has 0 bridgehead atoms. The largest absolute Gasteiger partial charge is 0.486 e. The second-order valence-corrected chi connectivity index (χ2v) is 4.00. The molecule has 2 rings (SSSR count).